The van der Waals surface area contributed by atoms with Crippen LogP contribution in [0.4, 0.5) is 11.8 Å². The van der Waals surface area contributed by atoms with E-state index in [1.807, 2.05) is 42.9 Å². The van der Waals surface area contributed by atoms with Crippen molar-refractivity contribution < 1.29 is 4.74 Å². The van der Waals surface area contributed by atoms with Crippen molar-refractivity contribution in [2.45, 2.75) is 11.8 Å². The van der Waals surface area contributed by atoms with Gasteiger partial charge in [-0.3, -0.25) is 4.98 Å². The van der Waals surface area contributed by atoms with Gasteiger partial charge >= 0.3 is 0 Å². The number of nitrogens with zero attached hydrogens (tertiary/aromatic N) is 4. The number of hydrogen-bond acceptors (Lipinski definition) is 8. The predicted octanol–water partition coefficient (Wildman–Crippen LogP) is 3.82. The maximum atomic E-state index is 5.38. The van der Waals surface area contributed by atoms with Gasteiger partial charge in [0, 0.05) is 35.9 Å². The number of para-hydroxylation sites is 1. The minimum Gasteiger partial charge on any atom is -0.496 e. The second kappa shape index (κ2) is 9.89. The van der Waals surface area contributed by atoms with Gasteiger partial charge in [-0.15, -0.1) is 11.8 Å². The van der Waals surface area contributed by atoms with Gasteiger partial charge in [-0.05, 0) is 24.3 Å². The van der Waals surface area contributed by atoms with Gasteiger partial charge in [-0.2, -0.15) is 0 Å². The number of rotatable bonds is 9. The molecule has 1 atom stereocenters. The van der Waals surface area contributed by atoms with E-state index in [9.17, 15) is 0 Å². The molecule has 3 aromatic rings. The third-order valence-corrected chi connectivity index (χ3v) is 4.82. The van der Waals surface area contributed by atoms with Gasteiger partial charge in [0.05, 0.1) is 25.2 Å². The largest absolute Gasteiger partial charge is 0.496 e. The molecule has 0 aliphatic rings. The fourth-order valence-corrected chi connectivity index (χ4v) is 2.86. The first-order chi connectivity index (χ1) is 13.7. The highest BCUT2D eigenvalue weighted by Crippen LogP contribution is 2.27. The Morgan fingerprint density at radius 2 is 1.71 bits per heavy atom. The minimum atomic E-state index is 0.361. The lowest BCUT2D eigenvalue weighted by atomic mass is 10.1. The molecule has 0 aliphatic heterocycles. The Morgan fingerprint density at radius 1 is 0.964 bits per heavy atom. The van der Waals surface area contributed by atoms with Gasteiger partial charge in [-0.25, -0.2) is 15.0 Å². The molecule has 1 unspecified atom stereocenters. The van der Waals surface area contributed by atoms with E-state index >= 15 is 0 Å². The first kappa shape index (κ1) is 19.9. The summed E-state index contributed by atoms with van der Waals surface area (Å²) in [5.41, 5.74) is 1.71. The van der Waals surface area contributed by atoms with Crippen molar-refractivity contribution in [1.82, 2.24) is 19.9 Å². The van der Waals surface area contributed by atoms with E-state index in [2.05, 4.69) is 37.5 Å². The molecule has 0 spiro atoms. The van der Waals surface area contributed by atoms with Crippen molar-refractivity contribution in [3.8, 4) is 17.0 Å². The van der Waals surface area contributed by atoms with Gasteiger partial charge in [-0.1, -0.05) is 19.1 Å². The molecular weight excluding hydrogens is 372 g/mol. The maximum Gasteiger partial charge on any atom is 0.222 e. The normalized spacial score (nSPS) is 11.7. The Kier molecular flexibility index (Phi) is 7.02. The van der Waals surface area contributed by atoms with E-state index in [1.54, 1.807) is 31.3 Å². The fourth-order valence-electron chi connectivity index (χ4n) is 2.54. The molecule has 8 heteroatoms. The Balaban J connectivity index is 1.50. The Labute approximate surface area is 169 Å². The number of nitrogens with one attached hydrogen (secondary N) is 2. The topological polar surface area (TPSA) is 84.9 Å². The smallest absolute Gasteiger partial charge is 0.222 e. The predicted molar refractivity (Wildman–Crippen MR) is 114 cm³/mol. The van der Waals surface area contributed by atoms with Crippen LogP contribution in [0.2, 0.25) is 0 Å². The number of aromatic nitrogens is 4. The Bertz CT molecular complexity index is 873. The second-order valence-corrected chi connectivity index (χ2v) is 7.18. The van der Waals surface area contributed by atoms with E-state index in [4.69, 9.17) is 4.74 Å². The highest BCUT2D eigenvalue weighted by molar-refractivity contribution is 7.98. The summed E-state index contributed by atoms with van der Waals surface area (Å²) in [6.45, 7) is 3.67. The lowest BCUT2D eigenvalue weighted by Gasteiger charge is -2.14. The SMILES string of the molecule is COc1ccccc1-c1cnc(NCC(C)CNc2ncc(SC)cn2)cn1. The van der Waals surface area contributed by atoms with Gasteiger partial charge in [0.2, 0.25) is 5.95 Å². The summed E-state index contributed by atoms with van der Waals surface area (Å²) < 4.78 is 5.38. The number of methoxy groups -OCH3 is 1. The number of anilines is 2. The molecule has 28 heavy (non-hydrogen) atoms. The summed E-state index contributed by atoms with van der Waals surface area (Å²) in [6, 6.07) is 7.77. The van der Waals surface area contributed by atoms with Crippen molar-refractivity contribution in [3.05, 3.63) is 49.1 Å². The van der Waals surface area contributed by atoms with Gasteiger partial charge in [0.15, 0.2) is 0 Å². The summed E-state index contributed by atoms with van der Waals surface area (Å²) in [5.74, 6) is 2.53. The molecule has 2 aromatic heterocycles. The minimum absolute atomic E-state index is 0.361. The van der Waals surface area contributed by atoms with E-state index < -0.39 is 0 Å². The van der Waals surface area contributed by atoms with Crippen LogP contribution in [0.1, 0.15) is 6.92 Å². The maximum absolute atomic E-state index is 5.38. The zero-order chi connectivity index (χ0) is 19.8. The highest BCUT2D eigenvalue weighted by atomic mass is 32.2. The number of thioether (sulfide) groups is 1. The number of ether oxygens (including phenoxy) is 1. The van der Waals surface area contributed by atoms with Crippen LogP contribution >= 0.6 is 11.8 Å². The summed E-state index contributed by atoms with van der Waals surface area (Å²) in [4.78, 5) is 18.6. The van der Waals surface area contributed by atoms with Crippen LogP contribution < -0.4 is 15.4 Å². The molecule has 0 amide bonds. The Hall–Kier alpha value is -2.87. The van der Waals surface area contributed by atoms with Crippen molar-refractivity contribution >= 4 is 23.5 Å². The first-order valence-corrected chi connectivity index (χ1v) is 10.2. The second-order valence-electron chi connectivity index (χ2n) is 6.30. The molecule has 7 nitrogen and oxygen atoms in total. The summed E-state index contributed by atoms with van der Waals surface area (Å²) >= 11 is 1.63. The molecule has 0 bridgehead atoms. The zero-order valence-electron chi connectivity index (χ0n) is 16.2. The molecule has 2 heterocycles. The highest BCUT2D eigenvalue weighted by Gasteiger charge is 2.08. The van der Waals surface area contributed by atoms with Crippen molar-refractivity contribution in [2.75, 3.05) is 37.1 Å². The first-order valence-electron chi connectivity index (χ1n) is 8.98. The molecular formula is C20H24N6OS. The molecule has 2 N–H and O–H groups in total. The van der Waals surface area contributed by atoms with Crippen LogP contribution in [0.25, 0.3) is 11.3 Å². The van der Waals surface area contributed by atoms with Crippen LogP contribution in [-0.4, -0.2) is 46.4 Å². The van der Waals surface area contributed by atoms with Crippen LogP contribution in [0, 0.1) is 5.92 Å². The molecule has 0 fully saturated rings. The molecule has 0 aliphatic carbocycles. The van der Waals surface area contributed by atoms with Crippen molar-refractivity contribution in [1.29, 1.82) is 0 Å². The molecule has 0 radical (unpaired) electrons. The quantitative estimate of drug-likeness (QED) is 0.528. The van der Waals surface area contributed by atoms with Gasteiger partial charge in [0.25, 0.3) is 0 Å². The van der Waals surface area contributed by atoms with E-state index in [0.717, 1.165) is 40.8 Å². The zero-order valence-corrected chi connectivity index (χ0v) is 17.0. The molecule has 1 aromatic carbocycles. The van der Waals surface area contributed by atoms with E-state index in [1.165, 1.54) is 0 Å². The van der Waals surface area contributed by atoms with Gasteiger partial charge in [0.1, 0.15) is 11.6 Å². The number of benzene rings is 1. The Morgan fingerprint density at radius 3 is 2.39 bits per heavy atom. The standard InChI is InChI=1S/C20H24N6OS/c1-14(9-24-20-25-10-15(28-3)11-26-20)8-22-19-13-21-17(12-23-19)16-6-4-5-7-18(16)27-2/h4-7,10-14H,8-9H2,1-3H3,(H,22,23)(H,24,25,26). The molecule has 0 saturated heterocycles. The average Bonchev–Trinajstić information content (AvgIpc) is 2.77. The van der Waals surface area contributed by atoms with Crippen LogP contribution in [0.3, 0.4) is 0 Å². The van der Waals surface area contributed by atoms with Crippen LogP contribution in [0.5, 0.6) is 5.75 Å². The summed E-state index contributed by atoms with van der Waals surface area (Å²) in [5, 5.41) is 6.57. The summed E-state index contributed by atoms with van der Waals surface area (Å²) in [7, 11) is 1.65. The van der Waals surface area contributed by atoms with Crippen LogP contribution in [0.15, 0.2) is 53.9 Å². The van der Waals surface area contributed by atoms with E-state index in [0.29, 0.717) is 11.9 Å². The monoisotopic (exact) mass is 396 g/mol. The third-order valence-electron chi connectivity index (χ3n) is 4.14. The molecule has 146 valence electrons. The van der Waals surface area contributed by atoms with Gasteiger partial charge < -0.3 is 15.4 Å². The lowest BCUT2D eigenvalue weighted by Crippen LogP contribution is -2.21. The lowest BCUT2D eigenvalue weighted by molar-refractivity contribution is 0.416. The molecule has 0 saturated carbocycles. The molecule has 3 rings (SSSR count). The average molecular weight is 397 g/mol. The van der Waals surface area contributed by atoms with Crippen molar-refractivity contribution in [2.24, 2.45) is 5.92 Å². The fraction of sp³-hybridized carbons (Fsp3) is 0.300. The van der Waals surface area contributed by atoms with E-state index in [-0.39, 0.29) is 0 Å². The third kappa shape index (κ3) is 5.32. The number of hydrogen-bond donors (Lipinski definition) is 2. The van der Waals surface area contributed by atoms with Crippen molar-refractivity contribution in [3.63, 3.8) is 0 Å². The summed E-state index contributed by atoms with van der Waals surface area (Å²) in [6.07, 6.45) is 9.14. The van der Waals surface area contributed by atoms with Crippen LogP contribution in [-0.2, 0) is 0 Å².